The molecule has 0 fully saturated rings. The fraction of sp³-hybridized carbons (Fsp3) is 0.133. The molecule has 5 heteroatoms. The van der Waals surface area contributed by atoms with Crippen molar-refractivity contribution in [3.63, 3.8) is 0 Å². The first-order chi connectivity index (χ1) is 9.60. The zero-order chi connectivity index (χ0) is 14.5. The summed E-state index contributed by atoms with van der Waals surface area (Å²) in [5.74, 6) is 0.111. The van der Waals surface area contributed by atoms with Crippen molar-refractivity contribution in [1.29, 1.82) is 0 Å². The lowest BCUT2D eigenvalue weighted by atomic mass is 10.1. The van der Waals surface area contributed by atoms with Crippen LogP contribution in [0, 0.1) is 9.39 Å². The van der Waals surface area contributed by atoms with Crippen molar-refractivity contribution in [3.05, 3.63) is 57.4 Å². The van der Waals surface area contributed by atoms with Gasteiger partial charge in [-0.25, -0.2) is 4.39 Å². The molecule has 3 nitrogen and oxygen atoms in total. The summed E-state index contributed by atoms with van der Waals surface area (Å²) in [7, 11) is 1.43. The molecule has 0 aromatic heterocycles. The number of ketones is 1. The smallest absolute Gasteiger partial charge is 0.204 e. The summed E-state index contributed by atoms with van der Waals surface area (Å²) in [5.41, 5.74) is 0.179. The maximum Gasteiger partial charge on any atom is 0.204 e. The van der Waals surface area contributed by atoms with Gasteiger partial charge < -0.3 is 9.47 Å². The normalized spacial score (nSPS) is 10.2. The Bertz CT molecular complexity index is 611. The Morgan fingerprint density at radius 3 is 2.55 bits per heavy atom. The van der Waals surface area contributed by atoms with Gasteiger partial charge in [-0.15, -0.1) is 0 Å². The molecule has 0 aliphatic rings. The number of ether oxygens (including phenoxy) is 2. The van der Waals surface area contributed by atoms with Gasteiger partial charge in [-0.1, -0.05) is 0 Å². The van der Waals surface area contributed by atoms with E-state index in [1.807, 2.05) is 12.1 Å². The van der Waals surface area contributed by atoms with Gasteiger partial charge in [-0.05, 0) is 65.1 Å². The Morgan fingerprint density at radius 2 is 1.90 bits per heavy atom. The lowest BCUT2D eigenvalue weighted by Gasteiger charge is -2.09. The molecular formula is C15H12FIO3. The fourth-order valence-electron chi connectivity index (χ4n) is 1.66. The molecule has 0 aliphatic carbocycles. The van der Waals surface area contributed by atoms with Gasteiger partial charge in [0, 0.05) is 3.57 Å². The van der Waals surface area contributed by atoms with Gasteiger partial charge in [-0.2, -0.15) is 0 Å². The Labute approximate surface area is 129 Å². The first-order valence-electron chi connectivity index (χ1n) is 5.85. The van der Waals surface area contributed by atoms with Crippen LogP contribution < -0.4 is 9.47 Å². The van der Waals surface area contributed by atoms with Gasteiger partial charge in [0.2, 0.25) is 5.78 Å². The summed E-state index contributed by atoms with van der Waals surface area (Å²) in [4.78, 5) is 12.0. The van der Waals surface area contributed by atoms with Crippen LogP contribution in [0.5, 0.6) is 11.5 Å². The van der Waals surface area contributed by atoms with E-state index in [0.717, 1.165) is 9.64 Å². The van der Waals surface area contributed by atoms with E-state index in [1.54, 1.807) is 12.1 Å². The van der Waals surface area contributed by atoms with Crippen molar-refractivity contribution in [3.8, 4) is 11.5 Å². The molecule has 2 aromatic carbocycles. The minimum Gasteiger partial charge on any atom is -0.496 e. The monoisotopic (exact) mass is 386 g/mol. The van der Waals surface area contributed by atoms with Crippen LogP contribution in [0.4, 0.5) is 4.39 Å². The van der Waals surface area contributed by atoms with Gasteiger partial charge in [0.25, 0.3) is 0 Å². The number of carbonyl (C=O) groups excluding carboxylic acids is 1. The Hall–Kier alpha value is -1.63. The molecule has 0 saturated carbocycles. The van der Waals surface area contributed by atoms with E-state index in [0.29, 0.717) is 11.5 Å². The number of benzene rings is 2. The standard InChI is InChI=1S/C15H12FIO3/c1-19-15-7-2-10(16)8-13(15)14(18)9-20-12-5-3-11(17)4-6-12/h2-8H,9H2,1H3. The number of methoxy groups -OCH3 is 1. The van der Waals surface area contributed by atoms with E-state index < -0.39 is 5.82 Å². The second kappa shape index (κ2) is 6.69. The summed E-state index contributed by atoms with van der Waals surface area (Å²) >= 11 is 2.18. The second-order valence-corrected chi connectivity index (χ2v) is 5.26. The predicted molar refractivity (Wildman–Crippen MR) is 81.9 cm³/mol. The molecule has 0 radical (unpaired) electrons. The van der Waals surface area contributed by atoms with E-state index in [2.05, 4.69) is 22.6 Å². The van der Waals surface area contributed by atoms with Gasteiger partial charge in [0.1, 0.15) is 17.3 Å². The van der Waals surface area contributed by atoms with E-state index in [4.69, 9.17) is 9.47 Å². The van der Waals surface area contributed by atoms with Crippen LogP contribution in [0.15, 0.2) is 42.5 Å². The largest absolute Gasteiger partial charge is 0.496 e. The highest BCUT2D eigenvalue weighted by Gasteiger charge is 2.14. The number of rotatable bonds is 5. The van der Waals surface area contributed by atoms with Gasteiger partial charge >= 0.3 is 0 Å². The number of hydrogen-bond donors (Lipinski definition) is 0. The van der Waals surface area contributed by atoms with E-state index >= 15 is 0 Å². The summed E-state index contributed by atoms with van der Waals surface area (Å²) in [5, 5.41) is 0. The zero-order valence-electron chi connectivity index (χ0n) is 10.7. The number of carbonyl (C=O) groups is 1. The lowest BCUT2D eigenvalue weighted by Crippen LogP contribution is -2.13. The second-order valence-electron chi connectivity index (χ2n) is 4.01. The molecule has 0 N–H and O–H groups in total. The highest BCUT2D eigenvalue weighted by Crippen LogP contribution is 2.20. The van der Waals surface area contributed by atoms with Crippen LogP contribution in [0.2, 0.25) is 0 Å². The third-order valence-electron chi connectivity index (χ3n) is 2.65. The van der Waals surface area contributed by atoms with Crippen LogP contribution in [0.3, 0.4) is 0 Å². The summed E-state index contributed by atoms with van der Waals surface area (Å²) in [6.45, 7) is -0.166. The predicted octanol–water partition coefficient (Wildman–Crippen LogP) is 3.70. The van der Waals surface area contributed by atoms with Gasteiger partial charge in [0.05, 0.1) is 12.7 Å². The maximum absolute atomic E-state index is 13.2. The molecule has 0 unspecified atom stereocenters. The topological polar surface area (TPSA) is 35.5 Å². The third kappa shape index (κ3) is 3.69. The molecule has 20 heavy (non-hydrogen) atoms. The Morgan fingerprint density at radius 1 is 1.20 bits per heavy atom. The zero-order valence-corrected chi connectivity index (χ0v) is 12.9. The minimum atomic E-state index is -0.483. The minimum absolute atomic E-state index is 0.166. The Kier molecular flexibility index (Phi) is 4.94. The van der Waals surface area contributed by atoms with Gasteiger partial charge in [0.15, 0.2) is 6.61 Å². The SMILES string of the molecule is COc1ccc(F)cc1C(=O)COc1ccc(I)cc1. The van der Waals surface area contributed by atoms with Crippen LogP contribution in [0.1, 0.15) is 10.4 Å². The number of Topliss-reactive ketones (excluding diaryl/α,β-unsaturated/α-hetero) is 1. The molecule has 0 bridgehead atoms. The summed E-state index contributed by atoms with van der Waals surface area (Å²) in [6.07, 6.45) is 0. The van der Waals surface area contributed by atoms with E-state index in [-0.39, 0.29) is 18.0 Å². The van der Waals surface area contributed by atoms with Crippen molar-refractivity contribution in [1.82, 2.24) is 0 Å². The van der Waals surface area contributed by atoms with E-state index in [9.17, 15) is 9.18 Å². The maximum atomic E-state index is 13.2. The third-order valence-corrected chi connectivity index (χ3v) is 3.36. The molecule has 0 saturated heterocycles. The van der Waals surface area contributed by atoms with Crippen LogP contribution in [-0.2, 0) is 0 Å². The molecule has 0 amide bonds. The highest BCUT2D eigenvalue weighted by atomic mass is 127. The molecule has 0 atom stereocenters. The molecule has 2 aromatic rings. The van der Waals surface area contributed by atoms with Crippen molar-refractivity contribution >= 4 is 28.4 Å². The van der Waals surface area contributed by atoms with Crippen molar-refractivity contribution < 1.29 is 18.7 Å². The molecule has 0 aliphatic heterocycles. The summed E-state index contributed by atoms with van der Waals surface area (Å²) in [6, 6.07) is 11.1. The van der Waals surface area contributed by atoms with Crippen LogP contribution in [-0.4, -0.2) is 19.5 Å². The lowest BCUT2D eigenvalue weighted by molar-refractivity contribution is 0.0918. The molecule has 0 spiro atoms. The van der Waals surface area contributed by atoms with E-state index in [1.165, 1.54) is 19.2 Å². The first kappa shape index (κ1) is 14.8. The van der Waals surface area contributed by atoms with Crippen molar-refractivity contribution in [2.75, 3.05) is 13.7 Å². The van der Waals surface area contributed by atoms with Gasteiger partial charge in [-0.3, -0.25) is 4.79 Å². The average molecular weight is 386 g/mol. The molecular weight excluding hydrogens is 374 g/mol. The highest BCUT2D eigenvalue weighted by molar-refractivity contribution is 14.1. The quantitative estimate of drug-likeness (QED) is 0.581. The number of halogens is 2. The van der Waals surface area contributed by atoms with Crippen molar-refractivity contribution in [2.45, 2.75) is 0 Å². The number of hydrogen-bond acceptors (Lipinski definition) is 3. The van der Waals surface area contributed by atoms with Crippen molar-refractivity contribution in [2.24, 2.45) is 0 Å². The fourth-order valence-corrected chi connectivity index (χ4v) is 2.02. The Balaban J connectivity index is 2.08. The first-order valence-corrected chi connectivity index (χ1v) is 6.93. The van der Waals surface area contributed by atoms with Crippen LogP contribution in [0.25, 0.3) is 0 Å². The molecule has 2 rings (SSSR count). The van der Waals surface area contributed by atoms with Crippen LogP contribution >= 0.6 is 22.6 Å². The average Bonchev–Trinajstić information content (AvgIpc) is 2.46. The molecule has 104 valence electrons. The molecule has 0 heterocycles. The summed E-state index contributed by atoms with van der Waals surface area (Å²) < 4.78 is 24.7.